The van der Waals surface area contributed by atoms with Crippen LogP contribution in [0.15, 0.2) is 30.3 Å². The van der Waals surface area contributed by atoms with Gasteiger partial charge in [-0.25, -0.2) is 0 Å². The van der Waals surface area contributed by atoms with Crippen LogP contribution in [0.4, 0.5) is 0 Å². The molecule has 0 radical (unpaired) electrons. The monoisotopic (exact) mass is 337 g/mol. The molecule has 0 aromatic heterocycles. The molecular weight excluding hydrogens is 314 g/mol. The molecule has 0 aliphatic carbocycles. The highest BCUT2D eigenvalue weighted by Gasteiger charge is 2.29. The lowest BCUT2D eigenvalue weighted by atomic mass is 10.0. The third-order valence-corrected chi connectivity index (χ3v) is 5.43. The van der Waals surface area contributed by atoms with Crippen molar-refractivity contribution in [1.29, 1.82) is 0 Å². The van der Waals surface area contributed by atoms with Crippen LogP contribution in [0.25, 0.3) is 0 Å². The molecule has 1 aromatic carbocycles. The summed E-state index contributed by atoms with van der Waals surface area (Å²) >= 11 is 7.28. The summed E-state index contributed by atoms with van der Waals surface area (Å²) in [4.78, 5) is 14.8. The first-order chi connectivity index (χ1) is 10.6. The number of thiocarbonyl (C=S) groups is 1. The number of carbonyl (C=O) groups excluding carboxylic acids is 1. The maximum Gasteiger partial charge on any atom is 0.315 e. The van der Waals surface area contributed by atoms with E-state index in [9.17, 15) is 4.79 Å². The molecular formula is C17H23NO2S2. The number of likely N-dealkylation sites (tertiary alicyclic amines) is 1. The van der Waals surface area contributed by atoms with E-state index < -0.39 is 0 Å². The minimum Gasteiger partial charge on any atom is -0.465 e. The topological polar surface area (TPSA) is 29.5 Å². The van der Waals surface area contributed by atoms with Gasteiger partial charge in [0.2, 0.25) is 0 Å². The lowest BCUT2D eigenvalue weighted by Gasteiger charge is -2.39. The van der Waals surface area contributed by atoms with Crippen molar-refractivity contribution >= 4 is 34.9 Å². The predicted octanol–water partition coefficient (Wildman–Crippen LogP) is 3.66. The molecule has 1 aliphatic heterocycles. The highest BCUT2D eigenvalue weighted by molar-refractivity contribution is 8.00. The van der Waals surface area contributed by atoms with Crippen LogP contribution in [0.2, 0.25) is 0 Å². The Hall–Kier alpha value is -1.07. The number of piperidine rings is 1. The Labute approximate surface area is 142 Å². The largest absolute Gasteiger partial charge is 0.465 e. The van der Waals surface area contributed by atoms with Crippen LogP contribution in [-0.2, 0) is 16.1 Å². The van der Waals surface area contributed by atoms with Gasteiger partial charge in [-0.15, -0.1) is 11.8 Å². The molecule has 120 valence electrons. The van der Waals surface area contributed by atoms with Crippen LogP contribution in [0, 0.1) is 0 Å². The van der Waals surface area contributed by atoms with Gasteiger partial charge >= 0.3 is 5.97 Å². The molecule has 0 unspecified atom stereocenters. The molecule has 1 aliphatic rings. The summed E-state index contributed by atoms with van der Waals surface area (Å²) in [7, 11) is 0. The zero-order valence-electron chi connectivity index (χ0n) is 13.2. The Morgan fingerprint density at radius 3 is 2.77 bits per heavy atom. The third-order valence-electron chi connectivity index (χ3n) is 3.80. The fraction of sp³-hybridized carbons (Fsp3) is 0.529. The van der Waals surface area contributed by atoms with Gasteiger partial charge in [-0.05, 0) is 25.8 Å². The van der Waals surface area contributed by atoms with Gasteiger partial charge in [-0.3, -0.25) is 4.79 Å². The zero-order valence-corrected chi connectivity index (χ0v) is 14.8. The molecule has 0 spiro atoms. The quantitative estimate of drug-likeness (QED) is 0.584. The maximum absolute atomic E-state index is 11.5. The molecule has 1 fully saturated rings. The van der Waals surface area contributed by atoms with Gasteiger partial charge in [0.05, 0.1) is 17.3 Å². The van der Waals surface area contributed by atoms with Gasteiger partial charge in [-0.1, -0.05) is 42.5 Å². The van der Waals surface area contributed by atoms with Crippen LogP contribution < -0.4 is 0 Å². The molecule has 2 atom stereocenters. The molecule has 22 heavy (non-hydrogen) atoms. The molecule has 1 saturated heterocycles. The van der Waals surface area contributed by atoms with E-state index in [2.05, 4.69) is 36.1 Å². The lowest BCUT2D eigenvalue weighted by molar-refractivity contribution is -0.139. The van der Waals surface area contributed by atoms with Crippen molar-refractivity contribution in [2.45, 2.75) is 44.5 Å². The fourth-order valence-electron chi connectivity index (χ4n) is 2.69. The number of ether oxygens (including phenoxy) is 1. The molecule has 0 saturated carbocycles. The smallest absolute Gasteiger partial charge is 0.315 e. The van der Waals surface area contributed by atoms with Crippen LogP contribution in [0.5, 0.6) is 0 Å². The van der Waals surface area contributed by atoms with Crippen LogP contribution >= 0.6 is 24.0 Å². The second-order valence-corrected chi connectivity index (χ2v) is 7.29. The normalized spacial score (nSPS) is 21.7. The van der Waals surface area contributed by atoms with E-state index in [0.717, 1.165) is 24.4 Å². The SMILES string of the molecule is CCOC(=O)CS[C@@H]1CC(=S)N(Cc2ccccc2)[C@@H](C)C1. The maximum atomic E-state index is 11.5. The number of thioether (sulfide) groups is 1. The number of benzene rings is 1. The van der Waals surface area contributed by atoms with Gasteiger partial charge in [0, 0.05) is 24.3 Å². The Kier molecular flexibility index (Phi) is 6.70. The highest BCUT2D eigenvalue weighted by atomic mass is 32.2. The number of rotatable bonds is 6. The average molecular weight is 338 g/mol. The van der Waals surface area contributed by atoms with E-state index >= 15 is 0 Å². The summed E-state index contributed by atoms with van der Waals surface area (Å²) in [5, 5.41) is 0.416. The van der Waals surface area contributed by atoms with Crippen molar-refractivity contribution in [3.63, 3.8) is 0 Å². The molecule has 1 aromatic rings. The Balaban J connectivity index is 1.86. The Morgan fingerprint density at radius 1 is 1.41 bits per heavy atom. The van der Waals surface area contributed by atoms with E-state index in [1.165, 1.54) is 5.56 Å². The summed E-state index contributed by atoms with van der Waals surface area (Å²) in [6.07, 6.45) is 1.92. The first-order valence-electron chi connectivity index (χ1n) is 7.70. The summed E-state index contributed by atoms with van der Waals surface area (Å²) < 4.78 is 4.98. The molecule has 5 heteroatoms. The van der Waals surface area contributed by atoms with Gasteiger partial charge in [-0.2, -0.15) is 0 Å². The lowest BCUT2D eigenvalue weighted by Crippen LogP contribution is -2.44. The number of carbonyl (C=O) groups is 1. The van der Waals surface area contributed by atoms with Crippen molar-refractivity contribution in [2.75, 3.05) is 12.4 Å². The van der Waals surface area contributed by atoms with Crippen LogP contribution in [0.1, 0.15) is 32.3 Å². The Morgan fingerprint density at radius 2 is 2.14 bits per heavy atom. The van der Waals surface area contributed by atoms with Crippen molar-refractivity contribution in [3.8, 4) is 0 Å². The first-order valence-corrected chi connectivity index (χ1v) is 9.16. The molecule has 0 bridgehead atoms. The van der Waals surface area contributed by atoms with Crippen molar-refractivity contribution in [1.82, 2.24) is 4.90 Å². The highest BCUT2D eigenvalue weighted by Crippen LogP contribution is 2.30. The van der Waals surface area contributed by atoms with Crippen molar-refractivity contribution in [2.24, 2.45) is 0 Å². The van der Waals surface area contributed by atoms with Crippen molar-refractivity contribution < 1.29 is 9.53 Å². The van der Waals surface area contributed by atoms with E-state index in [1.807, 2.05) is 13.0 Å². The molecule has 2 rings (SSSR count). The van der Waals surface area contributed by atoms with E-state index in [4.69, 9.17) is 17.0 Å². The van der Waals surface area contributed by atoms with E-state index in [-0.39, 0.29) is 5.97 Å². The second kappa shape index (κ2) is 8.53. The Bertz CT molecular complexity index is 507. The summed E-state index contributed by atoms with van der Waals surface area (Å²) in [5.74, 6) is 0.296. The van der Waals surface area contributed by atoms with Gasteiger partial charge in [0.25, 0.3) is 0 Å². The van der Waals surface area contributed by atoms with Crippen molar-refractivity contribution in [3.05, 3.63) is 35.9 Å². The van der Waals surface area contributed by atoms with E-state index in [0.29, 0.717) is 23.7 Å². The molecule has 3 nitrogen and oxygen atoms in total. The van der Waals surface area contributed by atoms with Crippen LogP contribution in [0.3, 0.4) is 0 Å². The minimum atomic E-state index is -0.127. The molecule has 0 N–H and O–H groups in total. The number of hydrogen-bond donors (Lipinski definition) is 0. The predicted molar refractivity (Wildman–Crippen MR) is 96.2 cm³/mol. The van der Waals surface area contributed by atoms with Gasteiger partial charge in [0.15, 0.2) is 0 Å². The van der Waals surface area contributed by atoms with E-state index in [1.54, 1.807) is 11.8 Å². The summed E-state index contributed by atoms with van der Waals surface area (Å²) in [6.45, 7) is 5.37. The zero-order chi connectivity index (χ0) is 15.9. The standard InChI is InChI=1S/C17H23NO2S2/c1-3-20-17(19)12-22-15-9-13(2)18(16(21)10-15)11-14-7-5-4-6-8-14/h4-8,13,15H,3,9-12H2,1-2H3/t13-,15-/m0/s1. The third kappa shape index (κ3) is 4.99. The van der Waals surface area contributed by atoms with Gasteiger partial charge < -0.3 is 9.64 Å². The first kappa shape index (κ1) is 17.3. The fourth-order valence-corrected chi connectivity index (χ4v) is 4.39. The molecule has 1 heterocycles. The average Bonchev–Trinajstić information content (AvgIpc) is 2.50. The minimum absolute atomic E-state index is 0.127. The van der Waals surface area contributed by atoms with Gasteiger partial charge in [0.1, 0.15) is 0 Å². The number of esters is 1. The summed E-state index contributed by atoms with van der Waals surface area (Å²) in [5.41, 5.74) is 1.29. The summed E-state index contributed by atoms with van der Waals surface area (Å²) in [6, 6.07) is 10.8. The molecule has 0 amide bonds. The number of nitrogens with zero attached hydrogens (tertiary/aromatic N) is 1. The second-order valence-electron chi connectivity index (χ2n) is 5.53. The van der Waals surface area contributed by atoms with Crippen LogP contribution in [-0.4, -0.2) is 39.5 Å². The number of hydrogen-bond acceptors (Lipinski definition) is 4.